The standard InChI is InChI=1S/C25H26N2O5/c1-16-12-20-21(26-16)8-4-10-25(20,14-23(29)30)24(31)18-6-3-7-19(13-18)32-15-17(2)27-11-5-9-22(27)28/h3-4,6-8,10,12-13,17H,5,9,11,14-15H2,1-2H3,(H,29,30). The second-order valence-corrected chi connectivity index (χ2v) is 8.47. The molecule has 4 rings (SSSR count). The van der Waals surface area contributed by atoms with Crippen LogP contribution in [0.2, 0.25) is 0 Å². The van der Waals surface area contributed by atoms with Crippen LogP contribution in [0.1, 0.15) is 43.5 Å². The normalized spacial score (nSPS) is 22.8. The number of allylic oxidation sites excluding steroid dienone is 5. The van der Waals surface area contributed by atoms with E-state index in [2.05, 4.69) is 4.99 Å². The summed E-state index contributed by atoms with van der Waals surface area (Å²) < 4.78 is 5.90. The topological polar surface area (TPSA) is 96.3 Å². The van der Waals surface area contributed by atoms with Crippen molar-refractivity contribution in [3.05, 3.63) is 65.4 Å². The summed E-state index contributed by atoms with van der Waals surface area (Å²) in [5.41, 5.74) is 1.00. The second kappa shape index (κ2) is 8.57. The third kappa shape index (κ3) is 4.02. The first-order valence-corrected chi connectivity index (χ1v) is 10.8. The number of aliphatic carboxylic acids is 1. The third-order valence-electron chi connectivity index (χ3n) is 6.11. The molecule has 1 aromatic carbocycles. The van der Waals surface area contributed by atoms with Gasteiger partial charge in [-0.25, -0.2) is 0 Å². The summed E-state index contributed by atoms with van der Waals surface area (Å²) in [6.07, 6.45) is 7.99. The number of benzene rings is 1. The van der Waals surface area contributed by atoms with Gasteiger partial charge in [-0.3, -0.25) is 19.4 Å². The smallest absolute Gasteiger partial charge is 0.305 e. The molecule has 0 aromatic heterocycles. The number of carbonyl (C=O) groups is 3. The van der Waals surface area contributed by atoms with Gasteiger partial charge in [-0.1, -0.05) is 24.3 Å². The molecule has 1 fully saturated rings. The summed E-state index contributed by atoms with van der Waals surface area (Å²) in [6, 6.07) is 6.71. The van der Waals surface area contributed by atoms with Crippen LogP contribution in [-0.2, 0) is 9.59 Å². The predicted molar refractivity (Wildman–Crippen MR) is 120 cm³/mol. The Morgan fingerprint density at radius 1 is 1.34 bits per heavy atom. The first-order valence-electron chi connectivity index (χ1n) is 10.8. The molecule has 1 aromatic rings. The van der Waals surface area contributed by atoms with Crippen LogP contribution >= 0.6 is 0 Å². The number of carboxylic acids is 1. The number of hydrogen-bond acceptors (Lipinski definition) is 5. The summed E-state index contributed by atoms with van der Waals surface area (Å²) in [7, 11) is 0. The van der Waals surface area contributed by atoms with Crippen LogP contribution in [0.15, 0.2) is 64.8 Å². The van der Waals surface area contributed by atoms with E-state index in [-0.39, 0.29) is 24.2 Å². The summed E-state index contributed by atoms with van der Waals surface area (Å²) in [5.74, 6) is -0.739. The molecule has 0 spiro atoms. The molecule has 1 N–H and O–H groups in total. The first kappa shape index (κ1) is 21.7. The number of carboxylic acid groups (broad SMARTS) is 1. The van der Waals surface area contributed by atoms with Crippen molar-refractivity contribution in [2.45, 2.75) is 39.2 Å². The van der Waals surface area contributed by atoms with Crippen LogP contribution in [0.3, 0.4) is 0 Å². The van der Waals surface area contributed by atoms with Gasteiger partial charge in [0.2, 0.25) is 5.91 Å². The van der Waals surface area contributed by atoms with Crippen LogP contribution in [-0.4, -0.2) is 52.6 Å². The van der Waals surface area contributed by atoms with Gasteiger partial charge in [0.1, 0.15) is 12.4 Å². The quantitative estimate of drug-likeness (QED) is 0.631. The van der Waals surface area contributed by atoms with Crippen molar-refractivity contribution in [2.75, 3.05) is 13.2 Å². The zero-order valence-corrected chi connectivity index (χ0v) is 18.2. The Balaban J connectivity index is 1.57. The van der Waals surface area contributed by atoms with Crippen molar-refractivity contribution in [2.24, 2.45) is 10.4 Å². The van der Waals surface area contributed by atoms with Gasteiger partial charge in [0.15, 0.2) is 5.78 Å². The molecule has 2 heterocycles. The lowest BCUT2D eigenvalue weighted by atomic mass is 9.68. The Labute approximate surface area is 186 Å². The molecule has 1 amide bonds. The molecule has 166 valence electrons. The molecule has 1 saturated heterocycles. The van der Waals surface area contributed by atoms with Crippen LogP contribution in [0.5, 0.6) is 5.75 Å². The second-order valence-electron chi connectivity index (χ2n) is 8.47. The van der Waals surface area contributed by atoms with E-state index >= 15 is 0 Å². The number of ether oxygens (including phenoxy) is 1. The number of hydrogen-bond donors (Lipinski definition) is 1. The van der Waals surface area contributed by atoms with Crippen molar-refractivity contribution < 1.29 is 24.2 Å². The zero-order valence-electron chi connectivity index (χ0n) is 18.2. The monoisotopic (exact) mass is 434 g/mol. The SMILES string of the molecule is CC1=NC2=CC=CC(CC(=O)O)(C(=O)c3cccc(OCC(C)N4CCCC4=O)c3)C2=C1. The van der Waals surface area contributed by atoms with Crippen LogP contribution in [0, 0.1) is 5.41 Å². The molecule has 3 aliphatic rings. The number of likely N-dealkylation sites (tertiary alicyclic amines) is 1. The Hall–Kier alpha value is -3.48. The maximum Gasteiger partial charge on any atom is 0.305 e. The van der Waals surface area contributed by atoms with Crippen LogP contribution in [0.25, 0.3) is 0 Å². The predicted octanol–water partition coefficient (Wildman–Crippen LogP) is 3.57. The zero-order chi connectivity index (χ0) is 22.9. The van der Waals surface area contributed by atoms with Gasteiger partial charge in [0, 0.05) is 24.2 Å². The maximum absolute atomic E-state index is 13.7. The molecule has 0 bridgehead atoms. The van der Waals surface area contributed by atoms with E-state index in [0.29, 0.717) is 35.6 Å². The molecule has 7 nitrogen and oxygen atoms in total. The van der Waals surface area contributed by atoms with Crippen molar-refractivity contribution in [3.63, 3.8) is 0 Å². The fourth-order valence-electron chi connectivity index (χ4n) is 4.54. The van der Waals surface area contributed by atoms with E-state index in [0.717, 1.165) is 18.7 Å². The Kier molecular flexibility index (Phi) is 5.82. The number of rotatable bonds is 8. The molecule has 1 aliphatic carbocycles. The summed E-state index contributed by atoms with van der Waals surface area (Å²) in [6.45, 7) is 4.81. The van der Waals surface area contributed by atoms with Crippen LogP contribution < -0.4 is 4.74 Å². The minimum Gasteiger partial charge on any atom is -0.491 e. The van der Waals surface area contributed by atoms with E-state index in [4.69, 9.17) is 4.74 Å². The highest BCUT2D eigenvalue weighted by atomic mass is 16.5. The van der Waals surface area contributed by atoms with E-state index in [1.165, 1.54) is 0 Å². The fraction of sp³-hybridized carbons (Fsp3) is 0.360. The number of aliphatic imine (C=N–C) groups is 1. The van der Waals surface area contributed by atoms with Gasteiger partial charge < -0.3 is 14.7 Å². The van der Waals surface area contributed by atoms with E-state index in [1.807, 2.05) is 18.7 Å². The number of fused-ring (bicyclic) bond motifs is 1. The van der Waals surface area contributed by atoms with Crippen molar-refractivity contribution in [1.29, 1.82) is 0 Å². The lowest BCUT2D eigenvalue weighted by molar-refractivity contribution is -0.138. The summed E-state index contributed by atoms with van der Waals surface area (Å²) in [4.78, 5) is 43.6. The number of amides is 1. The molecule has 2 aliphatic heterocycles. The molecule has 0 radical (unpaired) electrons. The molecular weight excluding hydrogens is 408 g/mol. The highest BCUT2D eigenvalue weighted by Crippen LogP contribution is 2.45. The fourth-order valence-corrected chi connectivity index (χ4v) is 4.54. The summed E-state index contributed by atoms with van der Waals surface area (Å²) in [5, 5.41) is 9.61. The Morgan fingerprint density at radius 2 is 2.16 bits per heavy atom. The van der Waals surface area contributed by atoms with Gasteiger partial charge in [-0.2, -0.15) is 0 Å². The van der Waals surface area contributed by atoms with Crippen LogP contribution in [0.4, 0.5) is 0 Å². The highest BCUT2D eigenvalue weighted by molar-refractivity contribution is 6.09. The van der Waals surface area contributed by atoms with Crippen molar-refractivity contribution in [3.8, 4) is 5.75 Å². The van der Waals surface area contributed by atoms with Gasteiger partial charge in [0.05, 0.1) is 23.6 Å². The molecule has 0 saturated carbocycles. The highest BCUT2D eigenvalue weighted by Gasteiger charge is 2.45. The molecule has 32 heavy (non-hydrogen) atoms. The average molecular weight is 434 g/mol. The lowest BCUT2D eigenvalue weighted by Crippen LogP contribution is -2.38. The number of carbonyl (C=O) groups excluding carboxylic acids is 2. The minimum absolute atomic E-state index is 0.0690. The van der Waals surface area contributed by atoms with Gasteiger partial charge in [-0.15, -0.1) is 0 Å². The van der Waals surface area contributed by atoms with Gasteiger partial charge in [-0.05, 0) is 50.1 Å². The van der Waals surface area contributed by atoms with Crippen molar-refractivity contribution >= 4 is 23.4 Å². The number of ketones is 1. The Morgan fingerprint density at radius 3 is 2.88 bits per heavy atom. The number of nitrogens with zero attached hydrogens (tertiary/aromatic N) is 2. The largest absolute Gasteiger partial charge is 0.491 e. The maximum atomic E-state index is 13.7. The molecular formula is C25H26N2O5. The van der Waals surface area contributed by atoms with Gasteiger partial charge in [0.25, 0.3) is 0 Å². The number of Topliss-reactive ketones (excluding diaryl/α,β-unsaturated/α-hetero) is 1. The molecule has 2 unspecified atom stereocenters. The van der Waals surface area contributed by atoms with Crippen molar-refractivity contribution in [1.82, 2.24) is 4.90 Å². The van der Waals surface area contributed by atoms with E-state index < -0.39 is 11.4 Å². The summed E-state index contributed by atoms with van der Waals surface area (Å²) >= 11 is 0. The minimum atomic E-state index is -1.33. The third-order valence-corrected chi connectivity index (χ3v) is 6.11. The average Bonchev–Trinajstić information content (AvgIpc) is 3.36. The molecule has 7 heteroatoms. The van der Waals surface area contributed by atoms with E-state index in [1.54, 1.807) is 48.6 Å². The van der Waals surface area contributed by atoms with Gasteiger partial charge >= 0.3 is 5.97 Å². The molecule has 2 atom stereocenters. The first-order chi connectivity index (χ1) is 15.3. The lowest BCUT2D eigenvalue weighted by Gasteiger charge is -2.31. The van der Waals surface area contributed by atoms with E-state index in [9.17, 15) is 19.5 Å². The Bertz CT molecular complexity index is 1100.